The molecule has 0 radical (unpaired) electrons. The van der Waals surface area contributed by atoms with E-state index in [-0.39, 0.29) is 27.4 Å². The number of methoxy groups -OCH3 is 1. The molecule has 4 aromatic rings. The number of hydrogen-bond donors (Lipinski definition) is 0. The van der Waals surface area contributed by atoms with Gasteiger partial charge in [-0.25, -0.2) is 5.01 Å². The van der Waals surface area contributed by atoms with Crippen molar-refractivity contribution in [2.75, 3.05) is 13.7 Å². The Morgan fingerprint density at radius 1 is 0.721 bits per heavy atom. The number of imide groups is 1. The van der Waals surface area contributed by atoms with E-state index in [4.69, 9.17) is 27.9 Å². The lowest BCUT2D eigenvalue weighted by molar-refractivity contribution is -0.154. The molecular formula is C34H24Cl2N2O5. The van der Waals surface area contributed by atoms with Gasteiger partial charge in [0.15, 0.2) is 5.78 Å². The highest BCUT2D eigenvalue weighted by Gasteiger charge is 2.63. The minimum absolute atomic E-state index is 0.0851. The van der Waals surface area contributed by atoms with Crippen molar-refractivity contribution < 1.29 is 23.9 Å². The van der Waals surface area contributed by atoms with Crippen LogP contribution in [0.15, 0.2) is 91.0 Å². The molecule has 0 aromatic heterocycles. The lowest BCUT2D eigenvalue weighted by Crippen LogP contribution is -2.52. The first kappa shape index (κ1) is 27.4. The predicted octanol–water partition coefficient (Wildman–Crippen LogP) is 6.13. The van der Waals surface area contributed by atoms with E-state index in [1.54, 1.807) is 24.3 Å². The van der Waals surface area contributed by atoms with E-state index in [2.05, 4.69) is 0 Å². The largest absolute Gasteiger partial charge is 0.497 e. The Hall–Kier alpha value is -4.46. The molecule has 1 fully saturated rings. The summed E-state index contributed by atoms with van der Waals surface area (Å²) in [6.07, 6.45) is 0. The molecule has 3 aliphatic carbocycles. The van der Waals surface area contributed by atoms with Crippen molar-refractivity contribution in [2.45, 2.75) is 11.8 Å². The van der Waals surface area contributed by atoms with Crippen LogP contribution in [0.25, 0.3) is 0 Å². The number of carbonyl (C=O) groups excluding carboxylic acids is 4. The van der Waals surface area contributed by atoms with Crippen LogP contribution in [0.2, 0.25) is 10.0 Å². The van der Waals surface area contributed by atoms with Gasteiger partial charge in [-0.15, -0.1) is 0 Å². The van der Waals surface area contributed by atoms with Crippen molar-refractivity contribution in [3.63, 3.8) is 0 Å². The maximum Gasteiger partial charge on any atom is 0.273 e. The van der Waals surface area contributed by atoms with Gasteiger partial charge in [-0.2, -0.15) is 5.01 Å². The molecule has 1 saturated heterocycles. The van der Waals surface area contributed by atoms with E-state index in [1.807, 2.05) is 48.5 Å². The Bertz CT molecular complexity index is 1720. The van der Waals surface area contributed by atoms with Gasteiger partial charge >= 0.3 is 0 Å². The zero-order valence-electron chi connectivity index (χ0n) is 22.9. The molecule has 1 heterocycles. The normalized spacial score (nSPS) is 21.2. The Labute approximate surface area is 257 Å². The average Bonchev–Trinajstić information content (AvgIpc) is 3.30. The van der Waals surface area contributed by atoms with Gasteiger partial charge in [-0.05, 0) is 64.7 Å². The number of benzene rings is 4. The molecule has 3 amide bonds. The third kappa shape index (κ3) is 4.18. The Balaban J connectivity index is 1.32. The second-order valence-electron chi connectivity index (χ2n) is 10.9. The molecular weight excluding hydrogens is 587 g/mol. The summed E-state index contributed by atoms with van der Waals surface area (Å²) in [6.45, 7) is -0.544. The van der Waals surface area contributed by atoms with Crippen LogP contribution < -0.4 is 4.74 Å². The topological polar surface area (TPSA) is 84.0 Å². The summed E-state index contributed by atoms with van der Waals surface area (Å²) in [4.78, 5) is 56.4. The number of ether oxygens (including phenoxy) is 1. The molecule has 0 saturated carbocycles. The third-order valence-corrected chi connectivity index (χ3v) is 9.51. The molecule has 214 valence electrons. The molecule has 4 aromatic carbocycles. The standard InChI is InChI=1S/C34H24Cl2N2O5/c1-43-20-13-10-18(11-14-20)27(39)17-37(32(40)19-12-15-25(35)26(36)16-19)38-33(41)30-28-21-6-2-3-7-22(21)29(31(30)34(38)42)24-9-5-4-8-23(24)28/h2-16,28-31H,17H2,1H3/t28?,29?,30-,31-/m1/s1. The number of halogens is 2. The fourth-order valence-electron chi connectivity index (χ4n) is 6.92. The van der Waals surface area contributed by atoms with E-state index in [0.29, 0.717) is 11.3 Å². The number of carbonyl (C=O) groups is 4. The van der Waals surface area contributed by atoms with Crippen molar-refractivity contribution in [2.24, 2.45) is 11.8 Å². The molecule has 1 aliphatic heterocycles. The second kappa shape index (κ2) is 10.4. The van der Waals surface area contributed by atoms with Crippen LogP contribution in [0, 0.1) is 11.8 Å². The van der Waals surface area contributed by atoms with Gasteiger partial charge in [-0.1, -0.05) is 71.7 Å². The number of nitrogens with zero attached hydrogens (tertiary/aromatic N) is 2. The summed E-state index contributed by atoms with van der Waals surface area (Å²) in [5.41, 5.74) is 4.41. The van der Waals surface area contributed by atoms with Crippen molar-refractivity contribution in [1.82, 2.24) is 10.0 Å². The molecule has 4 aliphatic rings. The fourth-order valence-corrected chi connectivity index (χ4v) is 7.21. The highest BCUT2D eigenvalue weighted by molar-refractivity contribution is 6.42. The van der Waals surface area contributed by atoms with Gasteiger partial charge in [-0.3, -0.25) is 19.2 Å². The Morgan fingerprint density at radius 3 is 1.67 bits per heavy atom. The maximum absolute atomic E-state index is 14.4. The first-order valence-electron chi connectivity index (χ1n) is 13.8. The molecule has 0 spiro atoms. The molecule has 9 heteroatoms. The van der Waals surface area contributed by atoms with E-state index < -0.39 is 41.9 Å². The third-order valence-electron chi connectivity index (χ3n) is 8.77. The van der Waals surface area contributed by atoms with Crippen LogP contribution in [0.4, 0.5) is 0 Å². The highest BCUT2D eigenvalue weighted by atomic mass is 35.5. The van der Waals surface area contributed by atoms with Crippen LogP contribution in [0.1, 0.15) is 54.8 Å². The number of hydrogen-bond acceptors (Lipinski definition) is 5. The van der Waals surface area contributed by atoms with Crippen molar-refractivity contribution >= 4 is 46.7 Å². The van der Waals surface area contributed by atoms with E-state index in [1.165, 1.54) is 25.3 Å². The van der Waals surface area contributed by atoms with Crippen LogP contribution in [0.5, 0.6) is 5.75 Å². The lowest BCUT2D eigenvalue weighted by Gasteiger charge is -2.45. The first-order chi connectivity index (χ1) is 20.8. The molecule has 43 heavy (non-hydrogen) atoms. The maximum atomic E-state index is 14.4. The zero-order chi connectivity index (χ0) is 30.0. The highest BCUT2D eigenvalue weighted by Crippen LogP contribution is 2.61. The lowest BCUT2D eigenvalue weighted by atomic mass is 9.55. The molecule has 2 atom stereocenters. The van der Waals surface area contributed by atoms with E-state index in [0.717, 1.165) is 32.3 Å². The number of amides is 3. The fraction of sp³-hybridized carbons (Fsp3) is 0.176. The van der Waals surface area contributed by atoms with Crippen molar-refractivity contribution in [1.29, 1.82) is 0 Å². The van der Waals surface area contributed by atoms with Gasteiger partial charge in [0.25, 0.3) is 17.7 Å². The monoisotopic (exact) mass is 610 g/mol. The van der Waals surface area contributed by atoms with Crippen LogP contribution in [0.3, 0.4) is 0 Å². The van der Waals surface area contributed by atoms with Crippen molar-refractivity contribution in [3.8, 4) is 5.75 Å². The average molecular weight is 611 g/mol. The number of Topliss-reactive ketones (excluding diaryl/α,β-unsaturated/α-hetero) is 1. The van der Waals surface area contributed by atoms with E-state index in [9.17, 15) is 19.2 Å². The molecule has 0 N–H and O–H groups in total. The summed E-state index contributed by atoms with van der Waals surface area (Å²) < 4.78 is 5.19. The SMILES string of the molecule is COc1ccc(C(=O)CN(C(=O)c2ccc(Cl)c(Cl)c2)N2C(=O)[C@@H]3C4c5ccccc5C(c5ccccc54)[C@H]3C2=O)cc1. The quantitative estimate of drug-likeness (QED) is 0.194. The van der Waals surface area contributed by atoms with Gasteiger partial charge < -0.3 is 4.74 Å². The summed E-state index contributed by atoms with van der Waals surface area (Å²) in [5, 5.41) is 2.24. The molecule has 8 rings (SSSR count). The summed E-state index contributed by atoms with van der Waals surface area (Å²) in [6, 6.07) is 26.4. The minimum atomic E-state index is -0.720. The van der Waals surface area contributed by atoms with Gasteiger partial charge in [0, 0.05) is 23.0 Å². The number of rotatable bonds is 6. The van der Waals surface area contributed by atoms with Gasteiger partial charge in [0.1, 0.15) is 12.3 Å². The van der Waals surface area contributed by atoms with Crippen LogP contribution >= 0.6 is 23.2 Å². The van der Waals surface area contributed by atoms with Gasteiger partial charge in [0.2, 0.25) is 0 Å². The molecule has 2 bridgehead atoms. The Morgan fingerprint density at radius 2 is 1.21 bits per heavy atom. The summed E-state index contributed by atoms with van der Waals surface area (Å²) in [7, 11) is 1.52. The van der Waals surface area contributed by atoms with Crippen LogP contribution in [-0.2, 0) is 9.59 Å². The summed E-state index contributed by atoms with van der Waals surface area (Å²) >= 11 is 12.3. The van der Waals surface area contributed by atoms with E-state index >= 15 is 0 Å². The first-order valence-corrected chi connectivity index (χ1v) is 14.5. The Kier molecular flexibility index (Phi) is 6.60. The molecule has 0 unspecified atom stereocenters. The second-order valence-corrected chi connectivity index (χ2v) is 11.7. The van der Waals surface area contributed by atoms with Gasteiger partial charge in [0.05, 0.1) is 29.0 Å². The van der Waals surface area contributed by atoms with Crippen molar-refractivity contribution in [3.05, 3.63) is 134 Å². The summed E-state index contributed by atoms with van der Waals surface area (Å²) in [5.74, 6) is -3.79. The smallest absolute Gasteiger partial charge is 0.273 e. The van der Waals surface area contributed by atoms with Crippen LogP contribution in [-0.4, -0.2) is 47.2 Å². The minimum Gasteiger partial charge on any atom is -0.497 e. The number of hydrazine groups is 1. The zero-order valence-corrected chi connectivity index (χ0v) is 24.4. The predicted molar refractivity (Wildman–Crippen MR) is 160 cm³/mol. The molecule has 7 nitrogen and oxygen atoms in total. The number of ketones is 1.